The molecule has 0 radical (unpaired) electrons. The molecule has 1 amide bonds. The van der Waals surface area contributed by atoms with Crippen molar-refractivity contribution in [1.29, 1.82) is 0 Å². The van der Waals surface area contributed by atoms with E-state index in [0.29, 0.717) is 15.9 Å². The Bertz CT molecular complexity index is 766. The van der Waals surface area contributed by atoms with Crippen molar-refractivity contribution in [2.24, 2.45) is 0 Å². The number of furan rings is 1. The second kappa shape index (κ2) is 6.35. The number of hydrogen-bond acceptors (Lipinski definition) is 6. The van der Waals surface area contributed by atoms with Crippen molar-refractivity contribution < 1.29 is 18.8 Å². The molecule has 0 saturated carbocycles. The topological polar surface area (TPSA) is 88.5 Å². The summed E-state index contributed by atoms with van der Waals surface area (Å²) in [5, 5.41) is 16.1. The van der Waals surface area contributed by atoms with Gasteiger partial charge in [0.15, 0.2) is 11.5 Å². The highest BCUT2D eigenvalue weighted by Gasteiger charge is 2.17. The van der Waals surface area contributed by atoms with Crippen LogP contribution in [0.3, 0.4) is 0 Å². The third kappa shape index (κ3) is 3.22. The summed E-state index contributed by atoms with van der Waals surface area (Å²) in [4.78, 5) is 12.8. The van der Waals surface area contributed by atoms with Gasteiger partial charge in [0.2, 0.25) is 0 Å². The zero-order valence-electron chi connectivity index (χ0n) is 11.2. The van der Waals surface area contributed by atoms with Gasteiger partial charge in [-0.2, -0.15) is 0 Å². The van der Waals surface area contributed by atoms with E-state index in [2.05, 4.69) is 10.5 Å². The van der Waals surface area contributed by atoms with E-state index in [1.807, 2.05) is 0 Å². The van der Waals surface area contributed by atoms with Crippen LogP contribution in [0.2, 0.25) is 4.34 Å². The third-order valence-electron chi connectivity index (χ3n) is 2.89. The maximum absolute atomic E-state index is 12.0. The maximum atomic E-state index is 12.0. The monoisotopic (exact) mass is 338 g/mol. The molecule has 0 bridgehead atoms. The van der Waals surface area contributed by atoms with Crippen LogP contribution in [0.5, 0.6) is 0 Å². The van der Waals surface area contributed by atoms with E-state index in [9.17, 15) is 9.90 Å². The maximum Gasteiger partial charge on any atom is 0.273 e. The molecule has 0 aliphatic rings. The summed E-state index contributed by atoms with van der Waals surface area (Å²) < 4.78 is 10.8. The van der Waals surface area contributed by atoms with Gasteiger partial charge in [-0.05, 0) is 24.3 Å². The number of aliphatic hydroxyl groups is 1. The molecule has 0 spiro atoms. The lowest BCUT2D eigenvalue weighted by atomic mass is 10.2. The van der Waals surface area contributed by atoms with Crippen LogP contribution in [0.25, 0.3) is 10.6 Å². The van der Waals surface area contributed by atoms with Gasteiger partial charge in [0, 0.05) is 6.07 Å². The molecule has 0 aliphatic carbocycles. The van der Waals surface area contributed by atoms with Crippen LogP contribution in [-0.4, -0.2) is 22.7 Å². The Hall–Kier alpha value is -2.09. The normalized spacial score (nSPS) is 12.3. The standard InChI is InChI=1S/C14H11ClN2O4S/c15-13-4-3-12(22-13)11-6-8(17-21-11)14(19)16-7-9(18)10-2-1-5-20-10/h1-6,9,18H,7H2,(H,16,19). The second-order valence-electron chi connectivity index (χ2n) is 4.42. The van der Waals surface area contributed by atoms with Gasteiger partial charge in [-0.3, -0.25) is 4.79 Å². The minimum atomic E-state index is -0.915. The van der Waals surface area contributed by atoms with E-state index < -0.39 is 12.0 Å². The average Bonchev–Trinajstić information content (AvgIpc) is 3.23. The number of carbonyl (C=O) groups is 1. The number of aliphatic hydroxyl groups excluding tert-OH is 1. The Balaban J connectivity index is 1.62. The molecular weight excluding hydrogens is 328 g/mol. The van der Waals surface area contributed by atoms with E-state index in [4.69, 9.17) is 20.5 Å². The summed E-state index contributed by atoms with van der Waals surface area (Å²) in [6.45, 7) is 0.0133. The predicted molar refractivity (Wildman–Crippen MR) is 80.8 cm³/mol. The summed E-state index contributed by atoms with van der Waals surface area (Å²) >= 11 is 7.18. The van der Waals surface area contributed by atoms with Gasteiger partial charge in [-0.1, -0.05) is 16.8 Å². The first-order valence-corrected chi connectivity index (χ1v) is 7.55. The van der Waals surface area contributed by atoms with Crippen LogP contribution in [-0.2, 0) is 0 Å². The van der Waals surface area contributed by atoms with Crippen LogP contribution >= 0.6 is 22.9 Å². The third-order valence-corrected chi connectivity index (χ3v) is 4.13. The lowest BCUT2D eigenvalue weighted by Crippen LogP contribution is -2.28. The van der Waals surface area contributed by atoms with E-state index >= 15 is 0 Å². The molecular formula is C14H11ClN2O4S. The number of aromatic nitrogens is 1. The van der Waals surface area contributed by atoms with Crippen molar-refractivity contribution in [3.63, 3.8) is 0 Å². The zero-order valence-corrected chi connectivity index (χ0v) is 12.7. The molecule has 3 aromatic heterocycles. The largest absolute Gasteiger partial charge is 0.467 e. The van der Waals surface area contributed by atoms with Gasteiger partial charge in [0.05, 0.1) is 22.0 Å². The molecule has 0 aromatic carbocycles. The molecule has 1 unspecified atom stereocenters. The van der Waals surface area contributed by atoms with Crippen molar-refractivity contribution in [2.75, 3.05) is 6.54 Å². The number of nitrogens with zero attached hydrogens (tertiary/aromatic N) is 1. The fourth-order valence-corrected chi connectivity index (χ4v) is 2.80. The van der Waals surface area contributed by atoms with E-state index in [1.54, 1.807) is 24.3 Å². The highest BCUT2D eigenvalue weighted by Crippen LogP contribution is 2.31. The second-order valence-corrected chi connectivity index (χ2v) is 6.14. The molecule has 1 atom stereocenters. The van der Waals surface area contributed by atoms with Gasteiger partial charge in [-0.25, -0.2) is 0 Å². The fourth-order valence-electron chi connectivity index (χ4n) is 1.81. The quantitative estimate of drug-likeness (QED) is 0.746. The molecule has 3 heterocycles. The predicted octanol–water partition coefficient (Wildman–Crippen LogP) is 3.11. The Morgan fingerprint density at radius 1 is 1.45 bits per heavy atom. The average molecular weight is 339 g/mol. The van der Waals surface area contributed by atoms with Crippen molar-refractivity contribution in [1.82, 2.24) is 10.5 Å². The fraction of sp³-hybridized carbons (Fsp3) is 0.143. The first-order valence-electron chi connectivity index (χ1n) is 6.35. The minimum absolute atomic E-state index is 0.0133. The van der Waals surface area contributed by atoms with Crippen molar-refractivity contribution in [3.8, 4) is 10.6 Å². The summed E-state index contributed by atoms with van der Waals surface area (Å²) in [5.74, 6) is 0.409. The lowest BCUT2D eigenvalue weighted by Gasteiger charge is -2.07. The molecule has 3 aromatic rings. The molecule has 0 saturated heterocycles. The number of thiophene rings is 1. The molecule has 0 fully saturated rings. The summed E-state index contributed by atoms with van der Waals surface area (Å²) in [7, 11) is 0. The Kier molecular flexibility index (Phi) is 4.28. The van der Waals surface area contributed by atoms with Gasteiger partial charge in [0.1, 0.15) is 11.9 Å². The van der Waals surface area contributed by atoms with Gasteiger partial charge in [-0.15, -0.1) is 11.3 Å². The highest BCUT2D eigenvalue weighted by atomic mass is 35.5. The Labute approximate surface area is 134 Å². The number of nitrogens with one attached hydrogen (secondary N) is 1. The number of amides is 1. The number of rotatable bonds is 5. The highest BCUT2D eigenvalue weighted by molar-refractivity contribution is 7.19. The van der Waals surface area contributed by atoms with Gasteiger partial charge < -0.3 is 19.4 Å². The minimum Gasteiger partial charge on any atom is -0.467 e. The molecule has 8 heteroatoms. The summed E-state index contributed by atoms with van der Waals surface area (Å²) in [6.07, 6.45) is 0.539. The van der Waals surface area contributed by atoms with Crippen molar-refractivity contribution >= 4 is 28.8 Å². The van der Waals surface area contributed by atoms with Crippen molar-refractivity contribution in [2.45, 2.75) is 6.10 Å². The Morgan fingerprint density at radius 2 is 2.32 bits per heavy atom. The number of hydrogen-bond donors (Lipinski definition) is 2. The van der Waals surface area contributed by atoms with E-state index in [1.165, 1.54) is 23.7 Å². The van der Waals surface area contributed by atoms with Crippen LogP contribution in [0.15, 0.2) is 45.5 Å². The van der Waals surface area contributed by atoms with Crippen LogP contribution in [0, 0.1) is 0 Å². The molecule has 0 aliphatic heterocycles. The van der Waals surface area contributed by atoms with Crippen LogP contribution in [0.4, 0.5) is 0 Å². The summed E-state index contributed by atoms with van der Waals surface area (Å²) in [5.41, 5.74) is 0.131. The molecule has 22 heavy (non-hydrogen) atoms. The molecule has 2 N–H and O–H groups in total. The van der Waals surface area contributed by atoms with Crippen molar-refractivity contribution in [3.05, 3.63) is 52.4 Å². The molecule has 3 rings (SSSR count). The SMILES string of the molecule is O=C(NCC(O)c1ccco1)c1cc(-c2ccc(Cl)s2)on1. The Morgan fingerprint density at radius 3 is 3.00 bits per heavy atom. The van der Waals surface area contributed by atoms with Crippen LogP contribution < -0.4 is 5.32 Å². The zero-order chi connectivity index (χ0) is 15.5. The summed E-state index contributed by atoms with van der Waals surface area (Å²) in [6, 6.07) is 8.35. The van der Waals surface area contributed by atoms with E-state index in [0.717, 1.165) is 4.88 Å². The smallest absolute Gasteiger partial charge is 0.273 e. The van der Waals surface area contributed by atoms with Gasteiger partial charge >= 0.3 is 0 Å². The lowest BCUT2D eigenvalue weighted by molar-refractivity contribution is 0.0892. The van der Waals surface area contributed by atoms with Crippen LogP contribution in [0.1, 0.15) is 22.4 Å². The first kappa shape index (κ1) is 14.8. The van der Waals surface area contributed by atoms with Gasteiger partial charge in [0.25, 0.3) is 5.91 Å². The number of carbonyl (C=O) groups excluding carboxylic acids is 1. The molecule has 114 valence electrons. The van der Waals surface area contributed by atoms with E-state index in [-0.39, 0.29) is 12.2 Å². The number of halogens is 1. The first-order chi connectivity index (χ1) is 10.6. The molecule has 6 nitrogen and oxygen atoms in total.